The highest BCUT2D eigenvalue weighted by atomic mass is 16.5. The molecule has 1 heterocycles. The third-order valence-corrected chi connectivity index (χ3v) is 7.73. The van der Waals surface area contributed by atoms with E-state index in [0.717, 1.165) is 6.29 Å². The molecule has 0 aromatic carbocycles. The highest BCUT2D eigenvalue weighted by Gasteiger charge is 2.77. The number of carbonyl (C=O) groups excluding carboxylic acids is 4. The number of rotatable bonds is 1. The first-order chi connectivity index (χ1) is 12.2. The summed E-state index contributed by atoms with van der Waals surface area (Å²) < 4.78 is 5.41. The second-order valence-electron chi connectivity index (χ2n) is 9.05. The van der Waals surface area contributed by atoms with Crippen LogP contribution in [0.5, 0.6) is 0 Å². The molecule has 4 aliphatic rings. The topological polar surface area (TPSA) is 97.7 Å². The lowest BCUT2D eigenvalue weighted by Gasteiger charge is -2.59. The van der Waals surface area contributed by atoms with E-state index in [0.29, 0.717) is 19.3 Å². The van der Waals surface area contributed by atoms with Crippen LogP contribution >= 0.6 is 0 Å². The fraction of sp³-hybridized carbons (Fsp3) is 0.700. The van der Waals surface area contributed by atoms with Crippen molar-refractivity contribution in [1.82, 2.24) is 0 Å². The molecule has 1 saturated heterocycles. The number of hydrogen-bond donors (Lipinski definition) is 1. The SMILES string of the molecule is C=C1C(=O)[C@@]23C(=O)OC[C@]4(C(=O)CCC(C)(C)[C@H]4C=O)C2CC[C@@H]1[C@H]3O. The largest absolute Gasteiger partial charge is 0.464 e. The molecule has 2 bridgehead atoms. The van der Waals surface area contributed by atoms with E-state index in [9.17, 15) is 24.3 Å². The van der Waals surface area contributed by atoms with Crippen molar-refractivity contribution in [2.75, 3.05) is 6.61 Å². The highest BCUT2D eigenvalue weighted by Crippen LogP contribution is 2.66. The summed E-state index contributed by atoms with van der Waals surface area (Å²) in [5.41, 5.74) is -3.26. The number of hydrogen-bond acceptors (Lipinski definition) is 6. The normalized spacial score (nSPS) is 46.9. The molecule has 26 heavy (non-hydrogen) atoms. The van der Waals surface area contributed by atoms with Crippen LogP contribution in [0.2, 0.25) is 0 Å². The standard InChI is InChI=1S/C20H24O6/c1-10-11-4-5-12-19(13(8-21)18(2,3)7-6-14(19)22)9-26-17(25)20(12,15(10)23)16(11)24/h8,11-13,16,24H,1,4-7,9H2,2-3H3/t11-,12?,13+,16+,19-,20-/m0/s1. The maximum Gasteiger partial charge on any atom is 0.323 e. The zero-order chi connectivity index (χ0) is 19.1. The molecule has 1 aliphatic heterocycles. The van der Waals surface area contributed by atoms with Crippen molar-refractivity contribution < 1.29 is 29.0 Å². The van der Waals surface area contributed by atoms with Gasteiger partial charge in [-0.05, 0) is 30.3 Å². The van der Waals surface area contributed by atoms with Crippen molar-refractivity contribution in [3.8, 4) is 0 Å². The summed E-state index contributed by atoms with van der Waals surface area (Å²) in [5.74, 6) is -3.30. The maximum absolute atomic E-state index is 13.2. The molecule has 6 nitrogen and oxygen atoms in total. The summed E-state index contributed by atoms with van der Waals surface area (Å²) in [6.45, 7) is 7.47. The van der Waals surface area contributed by atoms with Crippen molar-refractivity contribution in [3.05, 3.63) is 12.2 Å². The van der Waals surface area contributed by atoms with Gasteiger partial charge in [0.05, 0.1) is 11.5 Å². The van der Waals surface area contributed by atoms with Crippen molar-refractivity contribution in [1.29, 1.82) is 0 Å². The van der Waals surface area contributed by atoms with Gasteiger partial charge in [-0.15, -0.1) is 0 Å². The van der Waals surface area contributed by atoms with Crippen molar-refractivity contribution in [3.63, 3.8) is 0 Å². The summed E-state index contributed by atoms with van der Waals surface area (Å²) in [4.78, 5) is 51.2. The van der Waals surface area contributed by atoms with E-state index in [2.05, 4.69) is 6.58 Å². The number of aliphatic hydroxyl groups is 1. The van der Waals surface area contributed by atoms with Gasteiger partial charge in [-0.2, -0.15) is 0 Å². The first-order valence-corrected chi connectivity index (χ1v) is 9.23. The lowest BCUT2D eigenvalue weighted by Crippen LogP contribution is -2.69. The van der Waals surface area contributed by atoms with E-state index in [-0.39, 0.29) is 24.4 Å². The second kappa shape index (κ2) is 5.12. The molecule has 4 fully saturated rings. The molecule has 6 atom stereocenters. The van der Waals surface area contributed by atoms with Gasteiger partial charge in [0.15, 0.2) is 11.2 Å². The predicted octanol–water partition coefficient (Wildman–Crippen LogP) is 1.25. The third kappa shape index (κ3) is 1.67. The zero-order valence-corrected chi connectivity index (χ0v) is 15.1. The fourth-order valence-corrected chi connectivity index (χ4v) is 6.35. The van der Waals surface area contributed by atoms with Crippen LogP contribution in [0.4, 0.5) is 0 Å². The second-order valence-corrected chi connectivity index (χ2v) is 9.05. The lowest BCUT2D eigenvalue weighted by atomic mass is 9.44. The van der Waals surface area contributed by atoms with Gasteiger partial charge >= 0.3 is 5.97 Å². The van der Waals surface area contributed by atoms with Crippen molar-refractivity contribution >= 4 is 23.8 Å². The van der Waals surface area contributed by atoms with Crippen LogP contribution in [0, 0.1) is 34.0 Å². The minimum atomic E-state index is -1.79. The van der Waals surface area contributed by atoms with Gasteiger partial charge in [0, 0.05) is 24.2 Å². The van der Waals surface area contributed by atoms with Crippen LogP contribution in [0.3, 0.4) is 0 Å². The Morgan fingerprint density at radius 3 is 2.58 bits per heavy atom. The Morgan fingerprint density at radius 1 is 1.23 bits per heavy atom. The Labute approximate surface area is 152 Å². The molecule has 2 spiro atoms. The van der Waals surface area contributed by atoms with Crippen LogP contribution in [-0.4, -0.2) is 41.6 Å². The molecule has 0 aromatic rings. The Morgan fingerprint density at radius 2 is 1.92 bits per heavy atom. The first kappa shape index (κ1) is 17.6. The van der Waals surface area contributed by atoms with Gasteiger partial charge in [0.25, 0.3) is 0 Å². The van der Waals surface area contributed by atoms with Gasteiger partial charge in [-0.1, -0.05) is 20.4 Å². The molecule has 0 amide bonds. The number of Topliss-reactive ketones (excluding diaryl/α,β-unsaturated/α-hetero) is 2. The third-order valence-electron chi connectivity index (χ3n) is 7.73. The molecular formula is C20H24O6. The average Bonchev–Trinajstić information content (AvgIpc) is 2.70. The summed E-state index contributed by atoms with van der Waals surface area (Å²) in [5, 5.41) is 10.9. The van der Waals surface area contributed by atoms with Gasteiger partial charge in [0.2, 0.25) is 0 Å². The minimum Gasteiger partial charge on any atom is -0.464 e. The quantitative estimate of drug-likeness (QED) is 0.327. The summed E-state index contributed by atoms with van der Waals surface area (Å²) in [6, 6.07) is 0. The maximum atomic E-state index is 13.2. The van der Waals surface area contributed by atoms with Crippen LogP contribution in [0.15, 0.2) is 12.2 Å². The number of ketones is 2. The molecule has 1 unspecified atom stereocenters. The molecule has 1 N–H and O–H groups in total. The molecule has 140 valence electrons. The number of aldehydes is 1. The Kier molecular flexibility index (Phi) is 3.47. The lowest BCUT2D eigenvalue weighted by molar-refractivity contribution is -0.220. The summed E-state index contributed by atoms with van der Waals surface area (Å²) >= 11 is 0. The number of cyclic esters (lactones) is 1. The molecule has 3 saturated carbocycles. The molecule has 4 rings (SSSR count). The number of ether oxygens (including phenoxy) is 1. The smallest absolute Gasteiger partial charge is 0.323 e. The monoisotopic (exact) mass is 360 g/mol. The van der Waals surface area contributed by atoms with Gasteiger partial charge < -0.3 is 14.6 Å². The van der Waals surface area contributed by atoms with Crippen LogP contribution in [-0.2, 0) is 23.9 Å². The highest BCUT2D eigenvalue weighted by molar-refractivity contribution is 6.17. The number of carbonyl (C=O) groups is 4. The Hall–Kier alpha value is -1.82. The number of esters is 1. The van der Waals surface area contributed by atoms with Crippen molar-refractivity contribution in [2.24, 2.45) is 34.0 Å². The molecule has 0 aromatic heterocycles. The van der Waals surface area contributed by atoms with Gasteiger partial charge in [-0.25, -0.2) is 0 Å². The van der Waals surface area contributed by atoms with Crippen LogP contribution in [0.25, 0.3) is 0 Å². The Balaban J connectivity index is 1.96. The van der Waals surface area contributed by atoms with E-state index in [1.807, 2.05) is 13.8 Å². The molecule has 0 radical (unpaired) electrons. The van der Waals surface area contributed by atoms with E-state index >= 15 is 0 Å². The Bertz CT molecular complexity index is 751. The van der Waals surface area contributed by atoms with Crippen LogP contribution < -0.4 is 0 Å². The fourth-order valence-electron chi connectivity index (χ4n) is 6.35. The predicted molar refractivity (Wildman–Crippen MR) is 89.8 cm³/mol. The minimum absolute atomic E-state index is 0.137. The summed E-state index contributed by atoms with van der Waals surface area (Å²) in [6.07, 6.45) is 1.29. The van der Waals surface area contributed by atoms with Gasteiger partial charge in [-0.3, -0.25) is 14.4 Å². The van der Waals surface area contributed by atoms with Gasteiger partial charge in [0.1, 0.15) is 18.7 Å². The summed E-state index contributed by atoms with van der Waals surface area (Å²) in [7, 11) is 0. The molecule has 6 heteroatoms. The van der Waals surface area contributed by atoms with E-state index in [1.54, 1.807) is 0 Å². The number of aliphatic hydroxyl groups excluding tert-OH is 1. The first-order valence-electron chi connectivity index (χ1n) is 9.23. The van der Waals surface area contributed by atoms with E-state index < -0.39 is 51.9 Å². The van der Waals surface area contributed by atoms with E-state index in [4.69, 9.17) is 4.74 Å². The van der Waals surface area contributed by atoms with E-state index in [1.165, 1.54) is 0 Å². The zero-order valence-electron chi connectivity index (χ0n) is 15.1. The number of fused-ring (bicyclic) bond motifs is 2. The average molecular weight is 360 g/mol. The van der Waals surface area contributed by atoms with Crippen LogP contribution in [0.1, 0.15) is 39.5 Å². The molecule has 3 aliphatic carbocycles. The van der Waals surface area contributed by atoms with Crippen molar-refractivity contribution in [2.45, 2.75) is 45.6 Å². The molecular weight excluding hydrogens is 336 g/mol.